The van der Waals surface area contributed by atoms with E-state index in [1.807, 2.05) is 11.0 Å². The highest BCUT2D eigenvalue weighted by atomic mass is 19.1. The molecule has 3 heterocycles. The number of halogens is 1. The van der Waals surface area contributed by atoms with E-state index in [-0.39, 0.29) is 11.5 Å². The number of benzene rings is 1. The summed E-state index contributed by atoms with van der Waals surface area (Å²) >= 11 is 0. The third kappa shape index (κ3) is 3.28. The lowest BCUT2D eigenvalue weighted by molar-refractivity contribution is 0.332. The molecular formula is C20H19FN6O3. The molecule has 154 valence electrons. The van der Waals surface area contributed by atoms with Crippen LogP contribution in [0.5, 0.6) is 0 Å². The molecule has 0 saturated carbocycles. The summed E-state index contributed by atoms with van der Waals surface area (Å²) in [6.45, 7) is 0.983. The van der Waals surface area contributed by atoms with Crippen LogP contribution in [-0.2, 0) is 14.1 Å². The van der Waals surface area contributed by atoms with Gasteiger partial charge in [0.2, 0.25) is 11.7 Å². The van der Waals surface area contributed by atoms with Crippen LogP contribution >= 0.6 is 0 Å². The Morgan fingerprint density at radius 1 is 1.27 bits per heavy atom. The molecule has 1 atom stereocenters. The summed E-state index contributed by atoms with van der Waals surface area (Å²) in [6.07, 6.45) is 1.51. The summed E-state index contributed by atoms with van der Waals surface area (Å²) in [4.78, 5) is 31.0. The number of nitrogens with zero attached hydrogens (tertiary/aromatic N) is 6. The van der Waals surface area contributed by atoms with E-state index in [9.17, 15) is 19.2 Å². The molecule has 1 aliphatic heterocycles. The van der Waals surface area contributed by atoms with Gasteiger partial charge in [-0.1, -0.05) is 17.3 Å². The van der Waals surface area contributed by atoms with Crippen molar-refractivity contribution in [2.75, 3.05) is 18.0 Å². The third-order valence-electron chi connectivity index (χ3n) is 5.34. The van der Waals surface area contributed by atoms with Gasteiger partial charge in [-0.2, -0.15) is 10.2 Å². The number of nitriles is 1. The van der Waals surface area contributed by atoms with Crippen LogP contribution in [0.15, 0.2) is 38.4 Å². The Hall–Kier alpha value is -3.74. The number of rotatable bonds is 3. The predicted molar refractivity (Wildman–Crippen MR) is 106 cm³/mol. The summed E-state index contributed by atoms with van der Waals surface area (Å²) in [5.41, 5.74) is -0.684. The summed E-state index contributed by atoms with van der Waals surface area (Å²) in [7, 11) is 2.89. The molecule has 0 amide bonds. The van der Waals surface area contributed by atoms with Crippen LogP contribution in [0, 0.1) is 17.1 Å². The van der Waals surface area contributed by atoms with E-state index in [0.29, 0.717) is 36.2 Å². The second-order valence-electron chi connectivity index (χ2n) is 7.27. The van der Waals surface area contributed by atoms with E-state index in [1.54, 1.807) is 12.1 Å². The Bertz CT molecular complexity index is 1270. The van der Waals surface area contributed by atoms with Crippen molar-refractivity contribution in [1.82, 2.24) is 19.3 Å². The lowest BCUT2D eigenvalue weighted by Crippen LogP contribution is -2.45. The van der Waals surface area contributed by atoms with E-state index in [2.05, 4.69) is 10.1 Å². The molecule has 0 spiro atoms. The first-order valence-corrected chi connectivity index (χ1v) is 9.45. The molecular weight excluding hydrogens is 391 g/mol. The van der Waals surface area contributed by atoms with Crippen molar-refractivity contribution < 1.29 is 8.91 Å². The fourth-order valence-corrected chi connectivity index (χ4v) is 3.82. The van der Waals surface area contributed by atoms with Crippen LogP contribution in [0.25, 0.3) is 11.4 Å². The molecule has 0 bridgehead atoms. The van der Waals surface area contributed by atoms with E-state index in [4.69, 9.17) is 4.52 Å². The number of hydrogen-bond donors (Lipinski definition) is 0. The number of hydrogen-bond acceptors (Lipinski definition) is 7. The van der Waals surface area contributed by atoms with E-state index in [1.165, 1.54) is 30.8 Å². The van der Waals surface area contributed by atoms with Gasteiger partial charge in [0.25, 0.3) is 5.56 Å². The summed E-state index contributed by atoms with van der Waals surface area (Å²) in [5, 5.41) is 13.5. The molecule has 1 saturated heterocycles. The van der Waals surface area contributed by atoms with Crippen molar-refractivity contribution in [1.29, 1.82) is 5.26 Å². The van der Waals surface area contributed by atoms with Gasteiger partial charge < -0.3 is 9.42 Å². The van der Waals surface area contributed by atoms with Crippen LogP contribution in [0.1, 0.15) is 30.2 Å². The van der Waals surface area contributed by atoms with Crippen molar-refractivity contribution in [3.63, 3.8) is 0 Å². The first-order valence-electron chi connectivity index (χ1n) is 9.45. The Balaban J connectivity index is 1.67. The van der Waals surface area contributed by atoms with Gasteiger partial charge in [0.05, 0.1) is 5.92 Å². The van der Waals surface area contributed by atoms with Crippen LogP contribution in [0.2, 0.25) is 0 Å². The molecule has 1 aliphatic rings. The lowest BCUT2D eigenvalue weighted by atomic mass is 9.97. The second kappa shape index (κ2) is 7.59. The molecule has 30 heavy (non-hydrogen) atoms. The van der Waals surface area contributed by atoms with Gasteiger partial charge >= 0.3 is 5.69 Å². The highest BCUT2D eigenvalue weighted by Gasteiger charge is 2.30. The molecule has 0 N–H and O–H groups in total. The fourth-order valence-electron chi connectivity index (χ4n) is 3.82. The summed E-state index contributed by atoms with van der Waals surface area (Å²) in [6, 6.07) is 7.87. The molecule has 1 aromatic carbocycles. The molecule has 3 aromatic rings. The zero-order valence-corrected chi connectivity index (χ0v) is 16.5. The maximum absolute atomic E-state index is 13.5. The maximum atomic E-state index is 13.5. The zero-order valence-electron chi connectivity index (χ0n) is 16.5. The van der Waals surface area contributed by atoms with Gasteiger partial charge in [-0.05, 0) is 25.0 Å². The van der Waals surface area contributed by atoms with Crippen LogP contribution < -0.4 is 16.1 Å². The molecule has 0 radical (unpaired) electrons. The molecule has 2 aromatic heterocycles. The first-order chi connectivity index (χ1) is 14.4. The Morgan fingerprint density at radius 2 is 2.07 bits per heavy atom. The number of piperidine rings is 1. The minimum atomic E-state index is -0.621. The largest absolute Gasteiger partial charge is 0.356 e. The Kier molecular flexibility index (Phi) is 4.95. The molecule has 4 rings (SSSR count). The molecule has 1 unspecified atom stereocenters. The van der Waals surface area contributed by atoms with E-state index < -0.39 is 17.1 Å². The molecule has 0 aliphatic carbocycles. The highest BCUT2D eigenvalue weighted by molar-refractivity contribution is 5.55. The number of aromatic nitrogens is 4. The van der Waals surface area contributed by atoms with Gasteiger partial charge in [0.1, 0.15) is 17.7 Å². The summed E-state index contributed by atoms with van der Waals surface area (Å²) < 4.78 is 21.1. The van der Waals surface area contributed by atoms with Crippen molar-refractivity contribution in [2.45, 2.75) is 18.8 Å². The normalized spacial score (nSPS) is 16.5. The lowest BCUT2D eigenvalue weighted by Gasteiger charge is -2.34. The Morgan fingerprint density at radius 3 is 2.80 bits per heavy atom. The maximum Gasteiger partial charge on any atom is 0.332 e. The van der Waals surface area contributed by atoms with Gasteiger partial charge in [-0.15, -0.1) is 0 Å². The SMILES string of the molecule is Cn1c(N2CCCC(c3nc(-c4cccc(F)c4)no3)C2)c(C#N)c(=O)n(C)c1=O. The van der Waals surface area contributed by atoms with Crippen molar-refractivity contribution >= 4 is 5.82 Å². The van der Waals surface area contributed by atoms with Crippen molar-refractivity contribution in [2.24, 2.45) is 14.1 Å². The summed E-state index contributed by atoms with van der Waals surface area (Å²) in [5.74, 6) is 0.435. The molecule has 10 heteroatoms. The third-order valence-corrected chi connectivity index (χ3v) is 5.34. The van der Waals surface area contributed by atoms with Crippen molar-refractivity contribution in [3.05, 3.63) is 62.4 Å². The average Bonchev–Trinajstić information content (AvgIpc) is 3.25. The van der Waals surface area contributed by atoms with Gasteiger partial charge in [-0.3, -0.25) is 13.9 Å². The van der Waals surface area contributed by atoms with Gasteiger partial charge in [0.15, 0.2) is 5.56 Å². The fraction of sp³-hybridized carbons (Fsp3) is 0.350. The van der Waals surface area contributed by atoms with E-state index >= 15 is 0 Å². The molecule has 1 fully saturated rings. The van der Waals surface area contributed by atoms with Gasteiger partial charge in [-0.25, -0.2) is 9.18 Å². The quantitative estimate of drug-likeness (QED) is 0.644. The minimum Gasteiger partial charge on any atom is -0.356 e. The predicted octanol–water partition coefficient (Wildman–Crippen LogP) is 1.53. The number of anilines is 1. The average molecular weight is 410 g/mol. The standard InChI is InChI=1S/C20H19FN6O3/c1-25-18(15(10-22)19(28)26(2)20(25)29)27-8-4-6-13(11-27)17-23-16(24-30-17)12-5-3-7-14(21)9-12/h3,5,7,9,13H,4,6,8,11H2,1-2H3. The molecule has 9 nitrogen and oxygen atoms in total. The van der Waals surface area contributed by atoms with Crippen LogP contribution in [0.3, 0.4) is 0 Å². The zero-order chi connectivity index (χ0) is 21.4. The highest BCUT2D eigenvalue weighted by Crippen LogP contribution is 2.30. The smallest absolute Gasteiger partial charge is 0.332 e. The van der Waals surface area contributed by atoms with Crippen LogP contribution in [-0.4, -0.2) is 32.4 Å². The van der Waals surface area contributed by atoms with Crippen molar-refractivity contribution in [3.8, 4) is 17.5 Å². The first kappa shape index (κ1) is 19.6. The van der Waals surface area contributed by atoms with Crippen LogP contribution in [0.4, 0.5) is 10.2 Å². The Labute approximate surface area is 170 Å². The second-order valence-corrected chi connectivity index (χ2v) is 7.27. The minimum absolute atomic E-state index is 0.0776. The topological polar surface area (TPSA) is 110 Å². The van der Waals surface area contributed by atoms with Gasteiger partial charge in [0, 0.05) is 32.7 Å². The van der Waals surface area contributed by atoms with E-state index in [0.717, 1.165) is 17.4 Å². The monoisotopic (exact) mass is 410 g/mol.